The van der Waals surface area contributed by atoms with Gasteiger partial charge in [0.05, 0.1) is 35.1 Å². The normalized spacial score (nSPS) is 14.4. The summed E-state index contributed by atoms with van der Waals surface area (Å²) in [5, 5.41) is 9.03. The van der Waals surface area contributed by atoms with Crippen LogP contribution in [0, 0.1) is 20.8 Å². The summed E-state index contributed by atoms with van der Waals surface area (Å²) >= 11 is 0. The second-order valence-corrected chi connectivity index (χ2v) is 11.0. The molecule has 1 N–H and O–H groups in total. The lowest BCUT2D eigenvalue weighted by atomic mass is 9.86. The molecular formula is C34H32N4O3. The van der Waals surface area contributed by atoms with Gasteiger partial charge in [0, 0.05) is 43.0 Å². The Morgan fingerprint density at radius 2 is 1.46 bits per heavy atom. The van der Waals surface area contributed by atoms with Crippen molar-refractivity contribution in [3.05, 3.63) is 94.5 Å². The molecule has 2 heterocycles. The van der Waals surface area contributed by atoms with Crippen LogP contribution in [0.15, 0.2) is 71.3 Å². The standard InChI is InChI=1S/C34H32N4O3/c1-20-17-21(2)31(22(3)18-20)35-25-19-27(38-15-13-37(14-16-38)26-11-7-8-12-28(26)40-4)32-30-29(25)33(39)23-9-5-6-10-24(23)34(30)41-36-32/h5-12,17-19,35H,13-16H2,1-4H3. The van der Waals surface area contributed by atoms with Gasteiger partial charge in [0.2, 0.25) is 0 Å². The van der Waals surface area contributed by atoms with E-state index in [1.807, 2.05) is 42.5 Å². The molecule has 7 nitrogen and oxygen atoms in total. The molecule has 0 unspecified atom stereocenters. The first-order chi connectivity index (χ1) is 19.9. The Morgan fingerprint density at radius 1 is 0.829 bits per heavy atom. The van der Waals surface area contributed by atoms with E-state index in [4.69, 9.17) is 9.26 Å². The number of para-hydroxylation sites is 2. The van der Waals surface area contributed by atoms with Crippen LogP contribution in [0.4, 0.5) is 22.7 Å². The second-order valence-electron chi connectivity index (χ2n) is 11.0. The molecule has 0 amide bonds. The van der Waals surface area contributed by atoms with E-state index < -0.39 is 0 Å². The Labute approximate surface area is 239 Å². The molecule has 41 heavy (non-hydrogen) atoms. The minimum atomic E-state index is -0.0150. The monoisotopic (exact) mass is 544 g/mol. The number of hydrogen-bond acceptors (Lipinski definition) is 7. The topological polar surface area (TPSA) is 70.8 Å². The Bertz CT molecular complexity index is 1810. The van der Waals surface area contributed by atoms with Crippen molar-refractivity contribution in [1.29, 1.82) is 0 Å². The lowest BCUT2D eigenvalue weighted by molar-refractivity contribution is 0.104. The number of fused-ring (bicyclic) bond motifs is 2. The first kappa shape index (κ1) is 25.2. The maximum Gasteiger partial charge on any atom is 0.196 e. The summed E-state index contributed by atoms with van der Waals surface area (Å²) in [5.41, 5.74) is 10.1. The second kappa shape index (κ2) is 9.70. The highest BCUT2D eigenvalue weighted by molar-refractivity contribution is 6.29. The number of carbonyl (C=O) groups excluding carboxylic acids is 1. The first-order valence-corrected chi connectivity index (χ1v) is 14.0. The molecule has 1 aliphatic carbocycles. The molecule has 1 saturated heterocycles. The molecule has 0 bridgehead atoms. The number of anilines is 4. The summed E-state index contributed by atoms with van der Waals surface area (Å²) in [5.74, 6) is 1.52. The van der Waals surface area contributed by atoms with Crippen LogP contribution < -0.4 is 19.9 Å². The van der Waals surface area contributed by atoms with Gasteiger partial charge in [-0.3, -0.25) is 4.79 Å². The Hall–Kier alpha value is -4.78. The molecule has 0 radical (unpaired) electrons. The van der Waals surface area contributed by atoms with Gasteiger partial charge < -0.3 is 24.4 Å². The highest BCUT2D eigenvalue weighted by Crippen LogP contribution is 2.47. The zero-order chi connectivity index (χ0) is 28.2. The van der Waals surface area contributed by atoms with Crippen molar-refractivity contribution >= 4 is 39.4 Å². The van der Waals surface area contributed by atoms with Gasteiger partial charge in [-0.05, 0) is 50.1 Å². The Kier molecular flexibility index (Phi) is 5.96. The van der Waals surface area contributed by atoms with E-state index in [2.05, 4.69) is 65.3 Å². The fourth-order valence-electron chi connectivity index (χ4n) is 6.47. The predicted octanol–water partition coefficient (Wildman–Crippen LogP) is 7.04. The Morgan fingerprint density at radius 3 is 2.17 bits per heavy atom. The average molecular weight is 545 g/mol. The van der Waals surface area contributed by atoms with Gasteiger partial charge in [-0.1, -0.05) is 59.3 Å². The number of benzene rings is 4. The molecule has 206 valence electrons. The molecule has 7 heteroatoms. The molecule has 7 rings (SSSR count). The maximum atomic E-state index is 14.0. The van der Waals surface area contributed by atoms with E-state index in [0.717, 1.165) is 82.3 Å². The van der Waals surface area contributed by atoms with Crippen molar-refractivity contribution in [2.75, 3.05) is 48.4 Å². The van der Waals surface area contributed by atoms with Crippen molar-refractivity contribution in [2.45, 2.75) is 20.8 Å². The highest BCUT2D eigenvalue weighted by atomic mass is 16.5. The third-order valence-electron chi connectivity index (χ3n) is 8.36. The maximum absolute atomic E-state index is 14.0. The lowest BCUT2D eigenvalue weighted by Gasteiger charge is -2.38. The predicted molar refractivity (Wildman–Crippen MR) is 164 cm³/mol. The summed E-state index contributed by atoms with van der Waals surface area (Å²) in [6, 6.07) is 22.2. The van der Waals surface area contributed by atoms with Crippen LogP contribution in [0.1, 0.15) is 32.6 Å². The summed E-state index contributed by atoms with van der Waals surface area (Å²) in [7, 11) is 1.71. The summed E-state index contributed by atoms with van der Waals surface area (Å²) in [4.78, 5) is 18.7. The largest absolute Gasteiger partial charge is 0.495 e. The van der Waals surface area contributed by atoms with Gasteiger partial charge in [-0.25, -0.2) is 0 Å². The minimum Gasteiger partial charge on any atom is -0.495 e. The van der Waals surface area contributed by atoms with Gasteiger partial charge in [0.1, 0.15) is 11.3 Å². The number of ketones is 1. The number of aromatic nitrogens is 1. The van der Waals surface area contributed by atoms with E-state index in [-0.39, 0.29) is 5.78 Å². The molecule has 1 aliphatic heterocycles. The van der Waals surface area contributed by atoms with E-state index in [9.17, 15) is 4.79 Å². The quantitative estimate of drug-likeness (QED) is 0.250. The molecule has 1 fully saturated rings. The van der Waals surface area contributed by atoms with E-state index in [1.54, 1.807) is 7.11 Å². The highest BCUT2D eigenvalue weighted by Gasteiger charge is 2.34. The summed E-state index contributed by atoms with van der Waals surface area (Å²) in [6.45, 7) is 9.55. The van der Waals surface area contributed by atoms with Crippen LogP contribution >= 0.6 is 0 Å². The molecule has 4 aromatic carbocycles. The smallest absolute Gasteiger partial charge is 0.196 e. The van der Waals surface area contributed by atoms with E-state index >= 15 is 0 Å². The number of ether oxygens (including phenoxy) is 1. The molecule has 2 aliphatic rings. The third-order valence-corrected chi connectivity index (χ3v) is 8.36. The van der Waals surface area contributed by atoms with Crippen LogP contribution in [-0.2, 0) is 0 Å². The van der Waals surface area contributed by atoms with Crippen LogP contribution in [0.25, 0.3) is 22.2 Å². The third kappa shape index (κ3) is 4.03. The van der Waals surface area contributed by atoms with Gasteiger partial charge in [0.25, 0.3) is 0 Å². The molecule has 0 atom stereocenters. The average Bonchev–Trinajstić information content (AvgIpc) is 3.43. The SMILES string of the molecule is COc1ccccc1N1CCN(c2cc(Nc3c(C)cc(C)cc3C)c3c4c(onc24)-c2ccccc2C3=O)CC1. The van der Waals surface area contributed by atoms with Gasteiger partial charge >= 0.3 is 0 Å². The molecule has 0 saturated carbocycles. The van der Waals surface area contributed by atoms with E-state index in [0.29, 0.717) is 16.9 Å². The zero-order valence-electron chi connectivity index (χ0n) is 23.7. The summed E-state index contributed by atoms with van der Waals surface area (Å²) in [6.07, 6.45) is 0. The van der Waals surface area contributed by atoms with Crippen molar-refractivity contribution < 1.29 is 14.1 Å². The van der Waals surface area contributed by atoms with Crippen LogP contribution in [0.2, 0.25) is 0 Å². The lowest BCUT2D eigenvalue weighted by Crippen LogP contribution is -2.46. The number of methoxy groups -OCH3 is 1. The number of aryl methyl sites for hydroxylation is 3. The zero-order valence-corrected chi connectivity index (χ0v) is 23.7. The molecule has 1 aromatic heterocycles. The summed E-state index contributed by atoms with van der Waals surface area (Å²) < 4.78 is 11.6. The number of carbonyl (C=O) groups is 1. The molecular weight excluding hydrogens is 512 g/mol. The Balaban J connectivity index is 1.34. The van der Waals surface area contributed by atoms with E-state index in [1.165, 1.54) is 5.56 Å². The number of nitrogens with zero attached hydrogens (tertiary/aromatic N) is 3. The van der Waals surface area contributed by atoms with Gasteiger partial charge in [-0.2, -0.15) is 0 Å². The van der Waals surface area contributed by atoms with Crippen molar-refractivity contribution in [1.82, 2.24) is 5.16 Å². The number of rotatable bonds is 5. The molecule has 5 aromatic rings. The van der Waals surface area contributed by atoms with Crippen LogP contribution in [0.5, 0.6) is 5.75 Å². The minimum absolute atomic E-state index is 0.0150. The van der Waals surface area contributed by atoms with Crippen molar-refractivity contribution in [3.63, 3.8) is 0 Å². The number of piperazine rings is 1. The number of hydrogen-bond donors (Lipinski definition) is 1. The fourth-order valence-corrected chi connectivity index (χ4v) is 6.47. The fraction of sp³-hybridized carbons (Fsp3) is 0.235. The van der Waals surface area contributed by atoms with Gasteiger partial charge in [0.15, 0.2) is 11.5 Å². The van der Waals surface area contributed by atoms with Crippen molar-refractivity contribution in [3.8, 4) is 17.1 Å². The van der Waals surface area contributed by atoms with Crippen LogP contribution in [0.3, 0.4) is 0 Å². The van der Waals surface area contributed by atoms with Crippen molar-refractivity contribution in [2.24, 2.45) is 0 Å². The van der Waals surface area contributed by atoms with Gasteiger partial charge in [-0.15, -0.1) is 0 Å². The first-order valence-electron chi connectivity index (χ1n) is 14.0. The van der Waals surface area contributed by atoms with Crippen LogP contribution in [-0.4, -0.2) is 44.2 Å². The number of nitrogens with one attached hydrogen (secondary N) is 1. The molecule has 0 spiro atoms.